The molecule has 2 aromatic rings. The van der Waals surface area contributed by atoms with Gasteiger partial charge in [0.1, 0.15) is 5.69 Å². The highest BCUT2D eigenvalue weighted by molar-refractivity contribution is 14.1. The fraction of sp³-hybridized carbons (Fsp3) is 0.143. The van der Waals surface area contributed by atoms with Crippen molar-refractivity contribution in [1.29, 1.82) is 0 Å². The number of aromatic nitrogens is 1. The van der Waals surface area contributed by atoms with Gasteiger partial charge in [-0.3, -0.25) is 9.78 Å². The molecule has 1 aromatic carbocycles. The first-order valence-corrected chi connectivity index (χ1v) is 6.78. The Morgan fingerprint density at radius 1 is 1.17 bits per heavy atom. The van der Waals surface area contributed by atoms with Gasteiger partial charge in [-0.15, -0.1) is 0 Å². The van der Waals surface area contributed by atoms with E-state index in [4.69, 9.17) is 0 Å². The van der Waals surface area contributed by atoms with Crippen LogP contribution in [0.25, 0.3) is 0 Å². The van der Waals surface area contributed by atoms with Crippen LogP contribution in [-0.2, 0) is 6.42 Å². The van der Waals surface area contributed by atoms with E-state index in [9.17, 15) is 4.79 Å². The Balaban J connectivity index is 1.86. The van der Waals surface area contributed by atoms with Crippen LogP contribution in [0.3, 0.4) is 0 Å². The van der Waals surface area contributed by atoms with Crippen molar-refractivity contribution in [1.82, 2.24) is 10.3 Å². The molecule has 0 aliphatic carbocycles. The molecule has 0 aliphatic heterocycles. The fourth-order valence-electron chi connectivity index (χ4n) is 1.60. The molecule has 0 radical (unpaired) electrons. The molecule has 3 nitrogen and oxygen atoms in total. The number of benzene rings is 1. The summed E-state index contributed by atoms with van der Waals surface area (Å²) in [4.78, 5) is 15.8. The highest BCUT2D eigenvalue weighted by Gasteiger charge is 2.05. The number of carbonyl (C=O) groups excluding carboxylic acids is 1. The summed E-state index contributed by atoms with van der Waals surface area (Å²) in [6, 6.07) is 13.5. The molecule has 1 aromatic heterocycles. The minimum Gasteiger partial charge on any atom is -0.350 e. The summed E-state index contributed by atoms with van der Waals surface area (Å²) in [5.41, 5.74) is 1.71. The van der Waals surface area contributed by atoms with Crippen LogP contribution >= 0.6 is 22.6 Å². The topological polar surface area (TPSA) is 42.0 Å². The monoisotopic (exact) mass is 352 g/mol. The van der Waals surface area contributed by atoms with Gasteiger partial charge in [-0.2, -0.15) is 0 Å². The number of halogens is 1. The number of carbonyl (C=O) groups is 1. The lowest BCUT2D eigenvalue weighted by Crippen LogP contribution is -2.26. The van der Waals surface area contributed by atoms with E-state index in [1.807, 2.05) is 18.2 Å². The summed E-state index contributed by atoms with van der Waals surface area (Å²) in [5, 5.41) is 2.87. The van der Waals surface area contributed by atoms with E-state index >= 15 is 0 Å². The Hall–Kier alpha value is -1.43. The van der Waals surface area contributed by atoms with Crippen LogP contribution in [0.2, 0.25) is 0 Å². The zero-order chi connectivity index (χ0) is 12.8. The van der Waals surface area contributed by atoms with Gasteiger partial charge in [-0.25, -0.2) is 0 Å². The quantitative estimate of drug-likeness (QED) is 0.860. The third kappa shape index (κ3) is 3.53. The molecule has 0 unspecified atom stereocenters. The molecule has 0 saturated carbocycles. The number of pyridine rings is 1. The third-order valence-corrected chi connectivity index (χ3v) is 3.59. The van der Waals surface area contributed by atoms with E-state index in [1.54, 1.807) is 18.3 Å². The van der Waals surface area contributed by atoms with Crippen molar-refractivity contribution in [3.63, 3.8) is 0 Å². The molecule has 1 amide bonds. The molecule has 4 heteroatoms. The highest BCUT2D eigenvalue weighted by Crippen LogP contribution is 2.11. The molecule has 18 heavy (non-hydrogen) atoms. The molecular weight excluding hydrogens is 339 g/mol. The molecule has 92 valence electrons. The maximum Gasteiger partial charge on any atom is 0.269 e. The van der Waals surface area contributed by atoms with Crippen LogP contribution in [0.5, 0.6) is 0 Å². The second kappa shape index (κ2) is 6.49. The predicted molar refractivity (Wildman–Crippen MR) is 79.4 cm³/mol. The minimum atomic E-state index is -0.124. The highest BCUT2D eigenvalue weighted by atomic mass is 127. The summed E-state index contributed by atoms with van der Waals surface area (Å²) < 4.78 is 1.22. The summed E-state index contributed by atoms with van der Waals surface area (Å²) in [5.74, 6) is -0.124. The predicted octanol–water partition coefficient (Wildman–Crippen LogP) is 2.66. The van der Waals surface area contributed by atoms with E-state index < -0.39 is 0 Å². The van der Waals surface area contributed by atoms with Crippen LogP contribution in [0, 0.1) is 3.57 Å². The molecule has 0 aliphatic rings. The molecule has 0 spiro atoms. The van der Waals surface area contributed by atoms with E-state index in [0.29, 0.717) is 12.2 Å². The van der Waals surface area contributed by atoms with Crippen molar-refractivity contribution in [3.8, 4) is 0 Å². The van der Waals surface area contributed by atoms with E-state index in [1.165, 1.54) is 9.13 Å². The molecular formula is C14H13IN2O. The summed E-state index contributed by atoms with van der Waals surface area (Å²) in [6.07, 6.45) is 2.45. The number of hydrogen-bond acceptors (Lipinski definition) is 2. The van der Waals surface area contributed by atoms with Gasteiger partial charge in [0.05, 0.1) is 0 Å². The second-order valence-corrected chi connectivity index (χ2v) is 4.97. The van der Waals surface area contributed by atoms with Gasteiger partial charge in [-0.1, -0.05) is 24.3 Å². The smallest absolute Gasteiger partial charge is 0.269 e. The first-order chi connectivity index (χ1) is 8.77. The normalized spacial score (nSPS) is 10.1. The van der Waals surface area contributed by atoms with E-state index in [2.05, 4.69) is 45.0 Å². The maximum absolute atomic E-state index is 11.7. The van der Waals surface area contributed by atoms with Crippen LogP contribution in [0.15, 0.2) is 48.7 Å². The lowest BCUT2D eigenvalue weighted by atomic mass is 10.1. The van der Waals surface area contributed by atoms with Gasteiger partial charge < -0.3 is 5.32 Å². The van der Waals surface area contributed by atoms with Gasteiger partial charge in [0.2, 0.25) is 0 Å². The number of rotatable bonds is 4. The van der Waals surface area contributed by atoms with Crippen LogP contribution < -0.4 is 5.32 Å². The molecule has 2 rings (SSSR count). The second-order valence-electron chi connectivity index (χ2n) is 3.81. The minimum absolute atomic E-state index is 0.124. The Morgan fingerprint density at radius 3 is 2.67 bits per heavy atom. The van der Waals surface area contributed by atoms with Gasteiger partial charge in [0.25, 0.3) is 5.91 Å². The first-order valence-electron chi connectivity index (χ1n) is 5.70. The largest absolute Gasteiger partial charge is 0.350 e. The molecule has 0 bridgehead atoms. The van der Waals surface area contributed by atoms with Crippen molar-refractivity contribution >= 4 is 28.5 Å². The van der Waals surface area contributed by atoms with Gasteiger partial charge in [-0.05, 0) is 52.8 Å². The number of hydrogen-bond donors (Lipinski definition) is 1. The Bertz CT molecular complexity index is 528. The Labute approximate surface area is 120 Å². The summed E-state index contributed by atoms with van der Waals surface area (Å²) >= 11 is 2.30. The summed E-state index contributed by atoms with van der Waals surface area (Å²) in [6.45, 7) is 0.620. The lowest BCUT2D eigenvalue weighted by molar-refractivity contribution is 0.0949. The average molecular weight is 352 g/mol. The summed E-state index contributed by atoms with van der Waals surface area (Å²) in [7, 11) is 0. The Kier molecular flexibility index (Phi) is 4.69. The molecule has 1 N–H and O–H groups in total. The lowest BCUT2D eigenvalue weighted by Gasteiger charge is -2.06. The molecule has 1 heterocycles. The number of nitrogens with one attached hydrogen (secondary N) is 1. The molecule has 0 atom stereocenters. The first kappa shape index (κ1) is 13.0. The number of nitrogens with zero attached hydrogens (tertiary/aromatic N) is 1. The van der Waals surface area contributed by atoms with Crippen LogP contribution in [0.1, 0.15) is 16.1 Å². The van der Waals surface area contributed by atoms with Crippen molar-refractivity contribution in [2.24, 2.45) is 0 Å². The standard InChI is InChI=1S/C14H13IN2O/c15-12-6-2-1-5-11(12)8-10-17-14(18)13-7-3-4-9-16-13/h1-7,9H,8,10H2,(H,17,18). The van der Waals surface area contributed by atoms with E-state index in [0.717, 1.165) is 6.42 Å². The van der Waals surface area contributed by atoms with Crippen LogP contribution in [0.4, 0.5) is 0 Å². The van der Waals surface area contributed by atoms with Crippen molar-refractivity contribution in [2.75, 3.05) is 6.54 Å². The third-order valence-electron chi connectivity index (χ3n) is 2.54. The van der Waals surface area contributed by atoms with E-state index in [-0.39, 0.29) is 5.91 Å². The number of amides is 1. The van der Waals surface area contributed by atoms with Crippen molar-refractivity contribution < 1.29 is 4.79 Å². The van der Waals surface area contributed by atoms with Gasteiger partial charge >= 0.3 is 0 Å². The SMILES string of the molecule is O=C(NCCc1ccccc1I)c1ccccn1. The maximum atomic E-state index is 11.7. The average Bonchev–Trinajstić information content (AvgIpc) is 2.42. The zero-order valence-corrected chi connectivity index (χ0v) is 11.9. The van der Waals surface area contributed by atoms with Crippen molar-refractivity contribution in [2.45, 2.75) is 6.42 Å². The van der Waals surface area contributed by atoms with Crippen LogP contribution in [-0.4, -0.2) is 17.4 Å². The molecule has 0 fully saturated rings. The van der Waals surface area contributed by atoms with Crippen molar-refractivity contribution in [3.05, 3.63) is 63.5 Å². The zero-order valence-electron chi connectivity index (χ0n) is 9.77. The Morgan fingerprint density at radius 2 is 1.94 bits per heavy atom. The van der Waals surface area contributed by atoms with Gasteiger partial charge in [0, 0.05) is 16.3 Å². The molecule has 0 saturated heterocycles. The fourth-order valence-corrected chi connectivity index (χ4v) is 2.26. The van der Waals surface area contributed by atoms with Gasteiger partial charge in [0.15, 0.2) is 0 Å².